The molecule has 4 aromatic rings. The summed E-state index contributed by atoms with van der Waals surface area (Å²) in [6.45, 7) is -0.486. The first kappa shape index (κ1) is 42.8. The second kappa shape index (κ2) is 17.7. The fourth-order valence-corrected chi connectivity index (χ4v) is 10.2. The number of carbonyl (C=O) groups excluding carboxylic acids is 5. The number of benzene rings is 3. The van der Waals surface area contributed by atoms with Crippen LogP contribution in [0.1, 0.15) is 61.6 Å². The molecule has 318 valence electrons. The van der Waals surface area contributed by atoms with Gasteiger partial charge >= 0.3 is 11.9 Å². The lowest BCUT2D eigenvalue weighted by atomic mass is 10.0. The monoisotopic (exact) mass is 892 g/mol. The van der Waals surface area contributed by atoms with Crippen molar-refractivity contribution in [3.63, 3.8) is 0 Å². The highest BCUT2D eigenvalue weighted by Crippen LogP contribution is 2.46. The summed E-state index contributed by atoms with van der Waals surface area (Å²) in [7, 11) is -3.74. The van der Waals surface area contributed by atoms with Crippen LogP contribution >= 0.6 is 22.9 Å². The van der Waals surface area contributed by atoms with Crippen molar-refractivity contribution in [2.45, 2.75) is 43.5 Å². The van der Waals surface area contributed by atoms with Crippen molar-refractivity contribution in [3.05, 3.63) is 93.3 Å². The van der Waals surface area contributed by atoms with E-state index in [0.29, 0.717) is 45.9 Å². The van der Waals surface area contributed by atoms with E-state index >= 15 is 0 Å². The summed E-state index contributed by atoms with van der Waals surface area (Å²) in [5.74, 6) is -6.09. The number of nitrogens with one attached hydrogen (secondary N) is 4. The number of hydrogen-bond donors (Lipinski definition) is 6. The molecule has 1 aromatic heterocycles. The number of imide groups is 2. The van der Waals surface area contributed by atoms with Crippen LogP contribution in [0.15, 0.2) is 66.7 Å². The number of rotatable bonds is 15. The lowest BCUT2D eigenvalue weighted by Crippen LogP contribution is -2.54. The zero-order valence-electron chi connectivity index (χ0n) is 31.9. The average Bonchev–Trinajstić information content (AvgIpc) is 3.68. The molecular weight excluding hydrogens is 856 g/mol. The van der Waals surface area contributed by atoms with Crippen LogP contribution in [0.2, 0.25) is 5.02 Å². The Morgan fingerprint density at radius 2 is 1.61 bits per heavy atom. The van der Waals surface area contributed by atoms with E-state index in [9.17, 15) is 47.1 Å². The molecule has 1 unspecified atom stereocenters. The van der Waals surface area contributed by atoms with Crippen molar-refractivity contribution >= 4 is 91.5 Å². The molecule has 0 saturated carbocycles. The predicted octanol–water partition coefficient (Wildman–Crippen LogP) is 4.09. The van der Waals surface area contributed by atoms with Gasteiger partial charge in [-0.25, -0.2) is 22.3 Å². The number of carboxylic acids is 2. The van der Waals surface area contributed by atoms with Crippen molar-refractivity contribution in [1.82, 2.24) is 14.5 Å². The van der Waals surface area contributed by atoms with E-state index in [2.05, 4.69) is 21.3 Å². The van der Waals surface area contributed by atoms with Crippen LogP contribution in [-0.2, 0) is 35.0 Å². The zero-order valence-corrected chi connectivity index (χ0v) is 34.3. The van der Waals surface area contributed by atoms with Gasteiger partial charge in [-0.2, -0.15) is 0 Å². The summed E-state index contributed by atoms with van der Waals surface area (Å²) in [6, 6.07) is 16.7. The topological polar surface area (TPSA) is 258 Å². The number of sulfonamides is 1. The molecule has 18 nitrogen and oxygen atoms in total. The fourth-order valence-electron chi connectivity index (χ4n) is 7.26. The Balaban J connectivity index is 0.903. The largest absolute Gasteiger partial charge is 0.479 e. The minimum absolute atomic E-state index is 0.00321. The Morgan fingerprint density at radius 3 is 2.33 bits per heavy atom. The van der Waals surface area contributed by atoms with Gasteiger partial charge in [-0.3, -0.25) is 34.2 Å². The normalized spacial score (nSPS) is 17.1. The number of aromatic carboxylic acids is 1. The van der Waals surface area contributed by atoms with Crippen LogP contribution < -0.4 is 26.0 Å². The van der Waals surface area contributed by atoms with Crippen LogP contribution in [0.25, 0.3) is 10.4 Å². The molecule has 6 N–H and O–H groups in total. The van der Waals surface area contributed by atoms with Crippen LogP contribution in [0.4, 0.5) is 17.1 Å². The Kier molecular flexibility index (Phi) is 12.4. The highest BCUT2D eigenvalue weighted by Gasteiger charge is 2.44. The number of piperidine rings is 2. The number of anilines is 3. The van der Waals surface area contributed by atoms with Gasteiger partial charge in [0.15, 0.2) is 17.2 Å². The second-order valence-electron chi connectivity index (χ2n) is 14.4. The van der Waals surface area contributed by atoms with E-state index in [-0.39, 0.29) is 71.0 Å². The van der Waals surface area contributed by atoms with Crippen LogP contribution in [0.3, 0.4) is 0 Å². The molecule has 0 spiro atoms. The number of amides is 5. The molecule has 5 amide bonds. The standard InChI is InChI=1S/C40H37ClN6O12S2/c41-33-34(59-19-32(50)51)36(40(55)56)60-35(33)22-4-2-6-26(16-22)43-23-11-13-46(14-12-23)61(57,58)20-21-3-1-5-25(15-21)44-31(49)18-42-24-7-8-27-28(17-24)39(54)47(38(27)53)29-9-10-30(48)45-37(29)52/h1-8,15-17,23,29,42-43H,9-14,18-20H2,(H,44,49)(H,50,51)(H,55,56)(H,45,48,52). The van der Waals surface area contributed by atoms with Gasteiger partial charge in [-0.15, -0.1) is 11.3 Å². The Labute approximate surface area is 356 Å². The van der Waals surface area contributed by atoms with Gasteiger partial charge in [0.05, 0.1) is 28.3 Å². The van der Waals surface area contributed by atoms with Crippen molar-refractivity contribution in [1.29, 1.82) is 0 Å². The van der Waals surface area contributed by atoms with E-state index in [4.69, 9.17) is 21.4 Å². The van der Waals surface area contributed by atoms with Gasteiger partial charge in [-0.05, 0) is 72.9 Å². The number of aliphatic carboxylic acids is 1. The van der Waals surface area contributed by atoms with Crippen LogP contribution in [0, 0.1) is 0 Å². The number of carbonyl (C=O) groups is 7. The first-order valence-electron chi connectivity index (χ1n) is 18.8. The highest BCUT2D eigenvalue weighted by molar-refractivity contribution is 7.88. The van der Waals surface area contributed by atoms with Gasteiger partial charge in [0.2, 0.25) is 27.7 Å². The number of hydrogen-bond acceptors (Lipinski definition) is 13. The summed E-state index contributed by atoms with van der Waals surface area (Å²) in [5.41, 5.74) is 2.63. The minimum atomic E-state index is -3.74. The van der Waals surface area contributed by atoms with E-state index in [0.717, 1.165) is 16.2 Å². The molecule has 3 aliphatic heterocycles. The summed E-state index contributed by atoms with van der Waals surface area (Å²) in [6.07, 6.45) is 1.01. The van der Waals surface area contributed by atoms with E-state index < -0.39 is 64.1 Å². The Hall–Kier alpha value is -6.35. The summed E-state index contributed by atoms with van der Waals surface area (Å²) >= 11 is 7.32. The molecule has 4 heterocycles. The third-order valence-corrected chi connectivity index (χ3v) is 13.7. The highest BCUT2D eigenvalue weighted by atomic mass is 35.5. The minimum Gasteiger partial charge on any atom is -0.479 e. The Bertz CT molecular complexity index is 2590. The number of thiophene rings is 1. The first-order valence-corrected chi connectivity index (χ1v) is 21.6. The summed E-state index contributed by atoms with van der Waals surface area (Å²) in [4.78, 5) is 86.8. The SMILES string of the molecule is O=C(O)COc1c(C(=O)O)sc(-c2cccc(NC3CCN(S(=O)(=O)Cc4cccc(NC(=O)CNc5ccc6c(c5)C(=O)N(C5CCC(=O)NC5=O)C6=O)c4)CC3)c2)c1Cl. The van der Waals surface area contributed by atoms with Crippen molar-refractivity contribution in [2.24, 2.45) is 0 Å². The maximum absolute atomic E-state index is 13.5. The molecular formula is C40H37ClN6O12S2. The second-order valence-corrected chi connectivity index (χ2v) is 17.7. The molecule has 21 heteroatoms. The number of halogens is 1. The maximum Gasteiger partial charge on any atom is 0.349 e. The molecule has 2 saturated heterocycles. The quantitative estimate of drug-likeness (QED) is 0.0920. The molecule has 0 bridgehead atoms. The van der Waals surface area contributed by atoms with E-state index in [1.165, 1.54) is 22.5 Å². The molecule has 7 rings (SSSR count). The lowest BCUT2D eigenvalue weighted by Gasteiger charge is -2.32. The molecule has 3 aromatic carbocycles. The van der Waals surface area contributed by atoms with Crippen molar-refractivity contribution < 1.29 is 56.9 Å². The third-order valence-electron chi connectivity index (χ3n) is 10.1. The smallest absolute Gasteiger partial charge is 0.349 e. The van der Waals surface area contributed by atoms with Crippen LogP contribution in [0.5, 0.6) is 5.75 Å². The van der Waals surface area contributed by atoms with Gasteiger partial charge in [0.25, 0.3) is 11.8 Å². The fraction of sp³-hybridized carbons (Fsp3) is 0.275. The number of nitrogens with zero attached hydrogens (tertiary/aromatic N) is 2. The molecule has 0 aliphatic carbocycles. The van der Waals surface area contributed by atoms with Gasteiger partial charge in [-0.1, -0.05) is 35.9 Å². The number of ether oxygens (including phenoxy) is 1. The molecule has 1 atom stereocenters. The number of fused-ring (bicyclic) bond motifs is 1. The average molecular weight is 893 g/mol. The third kappa shape index (κ3) is 9.51. The van der Waals surface area contributed by atoms with Crippen LogP contribution in [-0.4, -0.2) is 108 Å². The molecule has 0 radical (unpaired) electrons. The van der Waals surface area contributed by atoms with E-state index in [1.54, 1.807) is 42.5 Å². The lowest BCUT2D eigenvalue weighted by molar-refractivity contribution is -0.139. The molecule has 61 heavy (non-hydrogen) atoms. The maximum atomic E-state index is 13.5. The molecule has 2 fully saturated rings. The van der Waals surface area contributed by atoms with Crippen molar-refractivity contribution in [3.8, 4) is 16.2 Å². The van der Waals surface area contributed by atoms with Gasteiger partial charge < -0.3 is 30.9 Å². The molecule has 3 aliphatic rings. The summed E-state index contributed by atoms with van der Waals surface area (Å²) in [5, 5.41) is 29.8. The summed E-state index contributed by atoms with van der Waals surface area (Å²) < 4.78 is 33.6. The Morgan fingerprint density at radius 1 is 0.885 bits per heavy atom. The van der Waals surface area contributed by atoms with E-state index in [1.807, 2.05) is 6.07 Å². The van der Waals surface area contributed by atoms with Gasteiger partial charge in [0.1, 0.15) is 11.1 Å². The number of carboxylic acid groups (broad SMARTS) is 2. The predicted molar refractivity (Wildman–Crippen MR) is 222 cm³/mol. The van der Waals surface area contributed by atoms with Crippen molar-refractivity contribution in [2.75, 3.05) is 42.2 Å². The zero-order chi connectivity index (χ0) is 43.6. The first-order chi connectivity index (χ1) is 29.1. The van der Waals surface area contributed by atoms with Gasteiger partial charge in [0, 0.05) is 42.6 Å².